The van der Waals surface area contributed by atoms with Gasteiger partial charge in [-0.05, 0) is 43.4 Å². The number of fused-ring (bicyclic) bond motifs is 1. The number of benzene rings is 2. The van der Waals surface area contributed by atoms with Crippen LogP contribution in [0.3, 0.4) is 0 Å². The third kappa shape index (κ3) is 5.18. The van der Waals surface area contributed by atoms with Crippen LogP contribution in [0.2, 0.25) is 0 Å². The monoisotopic (exact) mass is 500 g/mol. The Hall–Kier alpha value is -4.60. The van der Waals surface area contributed by atoms with Crippen LogP contribution >= 0.6 is 0 Å². The predicted molar refractivity (Wildman–Crippen MR) is 139 cm³/mol. The highest BCUT2D eigenvalue weighted by molar-refractivity contribution is 5.89. The van der Waals surface area contributed by atoms with Gasteiger partial charge in [0.1, 0.15) is 5.82 Å². The second kappa shape index (κ2) is 10.6. The summed E-state index contributed by atoms with van der Waals surface area (Å²) in [7, 11) is 3.13. The summed E-state index contributed by atoms with van der Waals surface area (Å²) in [4.78, 5) is 33.2. The van der Waals surface area contributed by atoms with Crippen LogP contribution in [0.5, 0.6) is 11.5 Å². The maximum absolute atomic E-state index is 12.9. The molecule has 0 saturated carbocycles. The van der Waals surface area contributed by atoms with Crippen molar-refractivity contribution >= 4 is 11.8 Å². The van der Waals surface area contributed by atoms with Crippen molar-refractivity contribution in [2.24, 2.45) is 0 Å². The molecule has 0 atom stereocenters. The maximum Gasteiger partial charge on any atom is 0.320 e. The number of aromatic nitrogens is 4. The molecule has 3 N–H and O–H groups in total. The highest BCUT2D eigenvalue weighted by Crippen LogP contribution is 2.28. The number of H-pyrrole nitrogens is 1. The number of amides is 2. The van der Waals surface area contributed by atoms with E-state index < -0.39 is 6.03 Å². The number of hydrogen-bond acceptors (Lipinski definition) is 6. The number of carbonyl (C=O) groups excluding carboxylic acids is 1. The number of anilines is 1. The van der Waals surface area contributed by atoms with E-state index in [0.29, 0.717) is 23.0 Å². The molecule has 2 amide bonds. The van der Waals surface area contributed by atoms with Gasteiger partial charge >= 0.3 is 6.03 Å². The van der Waals surface area contributed by atoms with Gasteiger partial charge in [-0.15, -0.1) is 0 Å². The summed E-state index contributed by atoms with van der Waals surface area (Å²) < 4.78 is 12.1. The minimum Gasteiger partial charge on any atom is -0.493 e. The quantitative estimate of drug-likeness (QED) is 0.354. The van der Waals surface area contributed by atoms with Crippen molar-refractivity contribution < 1.29 is 14.3 Å². The number of hydrogen-bond donors (Lipinski definition) is 3. The molecule has 0 radical (unpaired) electrons. The van der Waals surface area contributed by atoms with Gasteiger partial charge in [0.25, 0.3) is 5.56 Å². The summed E-state index contributed by atoms with van der Waals surface area (Å²) in [5.41, 5.74) is 3.69. The molecule has 1 aliphatic rings. The van der Waals surface area contributed by atoms with Crippen LogP contribution in [0.1, 0.15) is 29.7 Å². The van der Waals surface area contributed by atoms with Gasteiger partial charge in [0.2, 0.25) is 5.95 Å². The molecule has 0 aliphatic heterocycles. The Bertz CT molecular complexity index is 1480. The fourth-order valence-corrected chi connectivity index (χ4v) is 4.41. The second-order valence-corrected chi connectivity index (χ2v) is 8.71. The van der Waals surface area contributed by atoms with Gasteiger partial charge in [0.05, 0.1) is 25.6 Å². The number of aromatic amines is 1. The van der Waals surface area contributed by atoms with E-state index in [1.54, 1.807) is 32.4 Å². The van der Waals surface area contributed by atoms with E-state index in [2.05, 4.69) is 20.7 Å². The van der Waals surface area contributed by atoms with Crippen LogP contribution < -0.4 is 25.7 Å². The first-order valence-electron chi connectivity index (χ1n) is 12.1. The zero-order chi connectivity index (χ0) is 25.8. The fourth-order valence-electron chi connectivity index (χ4n) is 4.41. The summed E-state index contributed by atoms with van der Waals surface area (Å²) in [5, 5.41) is 10.4. The Morgan fingerprint density at radius 2 is 1.81 bits per heavy atom. The zero-order valence-corrected chi connectivity index (χ0v) is 20.7. The average molecular weight is 501 g/mol. The Labute approximate surface area is 213 Å². The third-order valence-electron chi connectivity index (χ3n) is 6.30. The lowest BCUT2D eigenvalue weighted by Crippen LogP contribution is -2.30. The molecule has 2 aromatic heterocycles. The lowest BCUT2D eigenvalue weighted by Gasteiger charge is -2.15. The summed E-state index contributed by atoms with van der Waals surface area (Å²) in [6, 6.07) is 16.4. The number of nitrogens with one attached hydrogen (secondary N) is 3. The van der Waals surface area contributed by atoms with E-state index in [1.165, 1.54) is 4.68 Å². The van der Waals surface area contributed by atoms with Gasteiger partial charge in [0.15, 0.2) is 11.5 Å². The van der Waals surface area contributed by atoms with Crippen LogP contribution in [0, 0.1) is 0 Å². The predicted octanol–water partition coefficient (Wildman–Crippen LogP) is 3.84. The Balaban J connectivity index is 1.42. The Morgan fingerprint density at radius 3 is 2.59 bits per heavy atom. The summed E-state index contributed by atoms with van der Waals surface area (Å²) in [5.74, 6) is 1.83. The molecule has 0 bridgehead atoms. The molecule has 0 saturated heterocycles. The normalized spacial score (nSPS) is 12.5. The van der Waals surface area contributed by atoms with Crippen LogP contribution in [0.15, 0.2) is 59.4 Å². The number of carbonyl (C=O) groups is 1. The zero-order valence-electron chi connectivity index (χ0n) is 20.7. The number of aryl methyl sites for hydroxylation is 1. The molecule has 0 fully saturated rings. The van der Waals surface area contributed by atoms with Crippen molar-refractivity contribution in [3.05, 3.63) is 81.8 Å². The van der Waals surface area contributed by atoms with E-state index in [4.69, 9.17) is 14.5 Å². The number of urea groups is 1. The topological polar surface area (TPSA) is 123 Å². The summed E-state index contributed by atoms with van der Waals surface area (Å²) >= 11 is 0. The molecule has 0 spiro atoms. The highest BCUT2D eigenvalue weighted by Gasteiger charge is 2.20. The molecule has 1 aliphatic carbocycles. The highest BCUT2D eigenvalue weighted by atomic mass is 16.5. The molecule has 5 rings (SSSR count). The molecule has 2 heterocycles. The average Bonchev–Trinajstić information content (AvgIpc) is 3.36. The van der Waals surface area contributed by atoms with Gasteiger partial charge in [-0.25, -0.2) is 9.78 Å². The van der Waals surface area contributed by atoms with Crippen molar-refractivity contribution in [3.8, 4) is 28.7 Å². The first kappa shape index (κ1) is 24.1. The van der Waals surface area contributed by atoms with Crippen LogP contribution in [-0.4, -0.2) is 40.0 Å². The minimum absolute atomic E-state index is 0.166. The van der Waals surface area contributed by atoms with Gasteiger partial charge < -0.3 is 14.8 Å². The van der Waals surface area contributed by atoms with Crippen LogP contribution in [0.4, 0.5) is 10.6 Å². The molecule has 10 nitrogen and oxygen atoms in total. The van der Waals surface area contributed by atoms with E-state index in [0.717, 1.165) is 48.1 Å². The Kier molecular flexibility index (Phi) is 6.89. The summed E-state index contributed by atoms with van der Waals surface area (Å²) in [6.07, 6.45) is 3.43. The van der Waals surface area contributed by atoms with Gasteiger partial charge in [0, 0.05) is 23.7 Å². The van der Waals surface area contributed by atoms with Crippen molar-refractivity contribution in [1.82, 2.24) is 25.1 Å². The smallest absolute Gasteiger partial charge is 0.320 e. The fraction of sp³-hybridized carbons (Fsp3) is 0.259. The lowest BCUT2D eigenvalue weighted by atomic mass is 9.97. The largest absolute Gasteiger partial charge is 0.493 e. The van der Waals surface area contributed by atoms with Crippen molar-refractivity contribution in [2.45, 2.75) is 32.2 Å². The van der Waals surface area contributed by atoms with Crippen molar-refractivity contribution in [1.29, 1.82) is 0 Å². The van der Waals surface area contributed by atoms with Crippen molar-refractivity contribution in [3.63, 3.8) is 0 Å². The summed E-state index contributed by atoms with van der Waals surface area (Å²) in [6.45, 7) is 0.264. The molecule has 37 heavy (non-hydrogen) atoms. The number of ether oxygens (including phenoxy) is 2. The molecule has 4 aromatic rings. The molecule has 2 aromatic carbocycles. The Morgan fingerprint density at radius 1 is 1.03 bits per heavy atom. The van der Waals surface area contributed by atoms with E-state index in [1.807, 2.05) is 36.4 Å². The molecule has 10 heteroatoms. The first-order chi connectivity index (χ1) is 18.1. The molecular formula is C27H28N6O4. The standard InChI is InChI=1S/C27H28N6O4/c1-36-22-13-12-17(14-23(22)37-2)16-28-27(35)30-24-15-21(18-8-4-3-5-9-18)32-33(24)26-29-20-11-7-6-10-19(20)25(34)31-26/h3-5,8-9,12-15H,6-7,10-11,16H2,1-2H3,(H2,28,30,35)(H,29,31,34). The number of methoxy groups -OCH3 is 2. The number of nitrogens with zero attached hydrogens (tertiary/aromatic N) is 3. The van der Waals surface area contributed by atoms with Gasteiger partial charge in [-0.2, -0.15) is 9.78 Å². The maximum atomic E-state index is 12.9. The second-order valence-electron chi connectivity index (χ2n) is 8.71. The number of rotatable bonds is 7. The lowest BCUT2D eigenvalue weighted by molar-refractivity contribution is 0.251. The van der Waals surface area contributed by atoms with Gasteiger partial charge in [-0.1, -0.05) is 36.4 Å². The third-order valence-corrected chi connectivity index (χ3v) is 6.30. The van der Waals surface area contributed by atoms with E-state index in [9.17, 15) is 9.59 Å². The van der Waals surface area contributed by atoms with Crippen molar-refractivity contribution in [2.75, 3.05) is 19.5 Å². The molecular weight excluding hydrogens is 472 g/mol. The van der Waals surface area contributed by atoms with Gasteiger partial charge in [-0.3, -0.25) is 15.1 Å². The SMILES string of the molecule is COc1ccc(CNC(=O)Nc2cc(-c3ccccc3)nn2-c2nc3c(c(=O)[nH]2)CCCC3)cc1OC. The minimum atomic E-state index is -0.434. The molecule has 190 valence electrons. The van der Waals surface area contributed by atoms with Crippen LogP contribution in [-0.2, 0) is 19.4 Å². The van der Waals surface area contributed by atoms with Crippen LogP contribution in [0.25, 0.3) is 17.2 Å². The molecule has 0 unspecified atom stereocenters. The first-order valence-corrected chi connectivity index (χ1v) is 12.1. The van der Waals surface area contributed by atoms with E-state index in [-0.39, 0.29) is 18.1 Å². The van der Waals surface area contributed by atoms with E-state index >= 15 is 0 Å².